The van der Waals surface area contributed by atoms with Crippen molar-refractivity contribution in [3.05, 3.63) is 60.4 Å². The Morgan fingerprint density at radius 1 is 1.10 bits per heavy atom. The first-order chi connectivity index (χ1) is 14.3. The Kier molecular flexibility index (Phi) is 6.68. The summed E-state index contributed by atoms with van der Waals surface area (Å²) in [7, 11) is 0. The van der Waals surface area contributed by atoms with Gasteiger partial charge in [0.25, 0.3) is 0 Å². The number of rotatable bonds is 8. The van der Waals surface area contributed by atoms with Crippen molar-refractivity contribution in [3.8, 4) is 17.0 Å². The number of nitrogens with one attached hydrogen (secondary N) is 2. The van der Waals surface area contributed by atoms with Crippen LogP contribution in [0.25, 0.3) is 11.3 Å². The summed E-state index contributed by atoms with van der Waals surface area (Å²) in [5, 5.41) is 15.4. The molecule has 7 nitrogen and oxygen atoms in total. The summed E-state index contributed by atoms with van der Waals surface area (Å²) in [6, 6.07) is 12.3. The van der Waals surface area contributed by atoms with Crippen molar-refractivity contribution in [3.63, 3.8) is 0 Å². The average molecular weight is 419 g/mol. The third-order valence-corrected chi connectivity index (χ3v) is 3.92. The van der Waals surface area contributed by atoms with E-state index in [4.69, 9.17) is 0 Å². The third-order valence-electron chi connectivity index (χ3n) is 3.92. The number of halogens is 3. The van der Waals surface area contributed by atoms with E-state index >= 15 is 0 Å². The molecule has 0 spiro atoms. The molecule has 10 heteroatoms. The maximum absolute atomic E-state index is 12.6. The maximum atomic E-state index is 12.6. The lowest BCUT2D eigenvalue weighted by Gasteiger charge is -2.15. The molecule has 0 aliphatic carbocycles. The van der Waals surface area contributed by atoms with Gasteiger partial charge in [-0.05, 0) is 31.2 Å². The normalized spacial score (nSPS) is 12.3. The number of ether oxygens (including phenoxy) is 1. The standard InChI is InChI=1S/C20H20F3N5O2/c1-13(12-29)26-19-27-17(14-5-4-7-16(9-14)30-20(21,22)23)10-18(28-19)25-11-15-6-2-3-8-24-15/h2-10,13,29H,11-12H2,1H3,(H2,25,26,27,28)/t13-/m1/s1. The molecule has 3 aromatic rings. The number of aliphatic hydroxyl groups is 1. The van der Waals surface area contributed by atoms with E-state index in [0.29, 0.717) is 23.6 Å². The fourth-order valence-corrected chi connectivity index (χ4v) is 2.55. The Bertz CT molecular complexity index is 970. The molecule has 0 aliphatic rings. The molecule has 2 heterocycles. The van der Waals surface area contributed by atoms with Gasteiger partial charge in [-0.1, -0.05) is 18.2 Å². The van der Waals surface area contributed by atoms with E-state index in [1.165, 1.54) is 18.2 Å². The Morgan fingerprint density at radius 2 is 1.93 bits per heavy atom. The molecule has 1 atom stereocenters. The third kappa shape index (κ3) is 6.31. The minimum atomic E-state index is -4.79. The van der Waals surface area contributed by atoms with E-state index in [0.717, 1.165) is 5.69 Å². The highest BCUT2D eigenvalue weighted by atomic mass is 19.4. The largest absolute Gasteiger partial charge is 0.573 e. The van der Waals surface area contributed by atoms with E-state index in [-0.39, 0.29) is 24.3 Å². The molecule has 0 fully saturated rings. The van der Waals surface area contributed by atoms with E-state index in [2.05, 4.69) is 30.3 Å². The van der Waals surface area contributed by atoms with Gasteiger partial charge in [0, 0.05) is 23.9 Å². The van der Waals surface area contributed by atoms with Crippen LogP contribution in [0.15, 0.2) is 54.7 Å². The predicted octanol–water partition coefficient (Wildman–Crippen LogP) is 3.84. The first-order valence-corrected chi connectivity index (χ1v) is 9.09. The summed E-state index contributed by atoms with van der Waals surface area (Å²) in [5.41, 5.74) is 1.59. The second-order valence-electron chi connectivity index (χ2n) is 6.44. The molecular formula is C20H20F3N5O2. The average Bonchev–Trinajstić information content (AvgIpc) is 2.72. The van der Waals surface area contributed by atoms with Gasteiger partial charge in [-0.3, -0.25) is 4.98 Å². The molecule has 158 valence electrons. The number of aliphatic hydroxyl groups excluding tert-OH is 1. The van der Waals surface area contributed by atoms with Gasteiger partial charge in [-0.2, -0.15) is 4.98 Å². The second kappa shape index (κ2) is 9.40. The molecule has 0 saturated carbocycles. The van der Waals surface area contributed by atoms with Gasteiger partial charge in [0.1, 0.15) is 11.6 Å². The fourth-order valence-electron chi connectivity index (χ4n) is 2.55. The number of pyridine rings is 1. The zero-order chi connectivity index (χ0) is 21.6. The number of benzene rings is 1. The van der Waals surface area contributed by atoms with Crippen LogP contribution in [0, 0.1) is 0 Å². The van der Waals surface area contributed by atoms with Crippen molar-refractivity contribution in [2.24, 2.45) is 0 Å². The SMILES string of the molecule is C[C@H](CO)Nc1nc(NCc2ccccn2)cc(-c2cccc(OC(F)(F)F)c2)n1. The molecular weight excluding hydrogens is 399 g/mol. The van der Waals surface area contributed by atoms with Gasteiger partial charge in [0.2, 0.25) is 5.95 Å². The van der Waals surface area contributed by atoms with Gasteiger partial charge in [0.15, 0.2) is 0 Å². The summed E-state index contributed by atoms with van der Waals surface area (Å²) in [6.07, 6.45) is -3.12. The van der Waals surface area contributed by atoms with Gasteiger partial charge in [0.05, 0.1) is 24.5 Å². The van der Waals surface area contributed by atoms with E-state index < -0.39 is 6.36 Å². The van der Waals surface area contributed by atoms with Crippen LogP contribution in [0.4, 0.5) is 24.9 Å². The van der Waals surface area contributed by atoms with Crippen LogP contribution in [-0.2, 0) is 6.54 Å². The highest BCUT2D eigenvalue weighted by molar-refractivity contribution is 5.66. The number of alkyl halides is 3. The molecule has 30 heavy (non-hydrogen) atoms. The van der Waals surface area contributed by atoms with Crippen LogP contribution in [0.3, 0.4) is 0 Å². The molecule has 3 N–H and O–H groups in total. The Morgan fingerprint density at radius 3 is 2.63 bits per heavy atom. The van der Waals surface area contributed by atoms with Crippen LogP contribution >= 0.6 is 0 Å². The molecule has 0 amide bonds. The first-order valence-electron chi connectivity index (χ1n) is 9.09. The predicted molar refractivity (Wildman–Crippen MR) is 106 cm³/mol. The topological polar surface area (TPSA) is 92.2 Å². The summed E-state index contributed by atoms with van der Waals surface area (Å²) in [4.78, 5) is 12.9. The highest BCUT2D eigenvalue weighted by Gasteiger charge is 2.31. The zero-order valence-corrected chi connectivity index (χ0v) is 16.0. The summed E-state index contributed by atoms with van der Waals surface area (Å²) < 4.78 is 41.6. The first kappa shape index (κ1) is 21.3. The number of aromatic nitrogens is 3. The van der Waals surface area contributed by atoms with Gasteiger partial charge < -0.3 is 20.5 Å². The maximum Gasteiger partial charge on any atom is 0.573 e. The van der Waals surface area contributed by atoms with E-state index in [1.54, 1.807) is 31.3 Å². The summed E-state index contributed by atoms with van der Waals surface area (Å²) >= 11 is 0. The Balaban J connectivity index is 1.90. The number of hydrogen-bond donors (Lipinski definition) is 3. The molecule has 0 unspecified atom stereocenters. The van der Waals surface area contributed by atoms with Gasteiger partial charge in [-0.15, -0.1) is 13.2 Å². The minimum Gasteiger partial charge on any atom is -0.406 e. The van der Waals surface area contributed by atoms with E-state index in [9.17, 15) is 18.3 Å². The van der Waals surface area contributed by atoms with E-state index in [1.807, 2.05) is 12.1 Å². The molecule has 0 radical (unpaired) electrons. The van der Waals surface area contributed by atoms with Crippen LogP contribution in [0.1, 0.15) is 12.6 Å². The number of anilines is 2. The monoisotopic (exact) mass is 419 g/mol. The Hall–Kier alpha value is -3.40. The molecule has 1 aromatic carbocycles. The lowest BCUT2D eigenvalue weighted by molar-refractivity contribution is -0.274. The van der Waals surface area contributed by atoms with Crippen molar-refractivity contribution in [1.29, 1.82) is 0 Å². The zero-order valence-electron chi connectivity index (χ0n) is 16.0. The molecule has 0 bridgehead atoms. The number of hydrogen-bond acceptors (Lipinski definition) is 7. The van der Waals surface area contributed by atoms with Crippen LogP contribution in [0.2, 0.25) is 0 Å². The lowest BCUT2D eigenvalue weighted by atomic mass is 10.1. The number of nitrogens with zero attached hydrogens (tertiary/aromatic N) is 3. The van der Waals surface area contributed by atoms with Crippen LogP contribution in [0.5, 0.6) is 5.75 Å². The van der Waals surface area contributed by atoms with Crippen LogP contribution in [-0.4, -0.2) is 39.1 Å². The molecule has 2 aromatic heterocycles. The minimum absolute atomic E-state index is 0.140. The lowest BCUT2D eigenvalue weighted by Crippen LogP contribution is -2.21. The quantitative estimate of drug-likeness (QED) is 0.511. The second-order valence-corrected chi connectivity index (χ2v) is 6.44. The van der Waals surface area contributed by atoms with Crippen molar-refractivity contribution in [2.45, 2.75) is 25.9 Å². The van der Waals surface area contributed by atoms with Gasteiger partial charge in [-0.25, -0.2) is 4.98 Å². The van der Waals surface area contributed by atoms with Gasteiger partial charge >= 0.3 is 6.36 Å². The fraction of sp³-hybridized carbons (Fsp3) is 0.250. The highest BCUT2D eigenvalue weighted by Crippen LogP contribution is 2.28. The van der Waals surface area contributed by atoms with Crippen molar-refractivity contribution >= 4 is 11.8 Å². The molecule has 0 saturated heterocycles. The Labute approximate surface area is 171 Å². The molecule has 0 aliphatic heterocycles. The molecule has 3 rings (SSSR count). The summed E-state index contributed by atoms with van der Waals surface area (Å²) in [5.74, 6) is 0.319. The summed E-state index contributed by atoms with van der Waals surface area (Å²) in [6.45, 7) is 2.00. The van der Waals surface area contributed by atoms with Crippen LogP contribution < -0.4 is 15.4 Å². The van der Waals surface area contributed by atoms with Crippen molar-refractivity contribution in [1.82, 2.24) is 15.0 Å². The van der Waals surface area contributed by atoms with Crippen molar-refractivity contribution in [2.75, 3.05) is 17.2 Å². The smallest absolute Gasteiger partial charge is 0.406 e. The van der Waals surface area contributed by atoms with Crippen molar-refractivity contribution < 1.29 is 23.0 Å².